The maximum Gasteiger partial charge on any atom is 0.0646 e. The van der Waals surface area contributed by atoms with Crippen LogP contribution in [0.4, 0.5) is 0 Å². The third-order valence-electron chi connectivity index (χ3n) is 4.25. The molecule has 0 amide bonds. The minimum absolute atomic E-state index is 0.488. The van der Waals surface area contributed by atoms with Crippen molar-refractivity contribution < 1.29 is 4.74 Å². The first kappa shape index (κ1) is 13.1. The van der Waals surface area contributed by atoms with Crippen LogP contribution in [0.2, 0.25) is 0 Å². The molecule has 4 unspecified atom stereocenters. The van der Waals surface area contributed by atoms with Gasteiger partial charge in [-0.2, -0.15) is 0 Å². The molecule has 1 fully saturated rings. The Labute approximate surface area is 106 Å². The van der Waals surface area contributed by atoms with Crippen LogP contribution in [-0.4, -0.2) is 26.3 Å². The summed E-state index contributed by atoms with van der Waals surface area (Å²) in [7, 11) is 2.06. The van der Waals surface area contributed by atoms with E-state index in [0.29, 0.717) is 6.10 Å². The molecule has 1 aliphatic heterocycles. The Kier molecular flexibility index (Phi) is 4.63. The third-order valence-corrected chi connectivity index (χ3v) is 4.25. The maximum atomic E-state index is 6.11. The fourth-order valence-corrected chi connectivity index (χ4v) is 3.71. The average molecular weight is 237 g/mol. The van der Waals surface area contributed by atoms with Gasteiger partial charge in [-0.25, -0.2) is 0 Å². The van der Waals surface area contributed by atoms with Crippen LogP contribution in [0.3, 0.4) is 0 Å². The lowest BCUT2D eigenvalue weighted by molar-refractivity contribution is -0.0644. The molecule has 0 saturated carbocycles. The molecule has 0 spiro atoms. The third kappa shape index (κ3) is 3.32. The molecule has 2 aliphatic rings. The second-order valence-electron chi connectivity index (χ2n) is 5.99. The molecule has 98 valence electrons. The molecule has 0 aromatic heterocycles. The molecule has 0 bridgehead atoms. The molecular formula is C15H27NO. The second kappa shape index (κ2) is 6.01. The van der Waals surface area contributed by atoms with Crippen molar-refractivity contribution in [1.82, 2.24) is 5.32 Å². The fourth-order valence-electron chi connectivity index (χ4n) is 3.71. The predicted molar refractivity (Wildman–Crippen MR) is 72.0 cm³/mol. The Morgan fingerprint density at radius 3 is 3.00 bits per heavy atom. The summed E-state index contributed by atoms with van der Waals surface area (Å²) >= 11 is 0. The van der Waals surface area contributed by atoms with Crippen molar-refractivity contribution in [3.8, 4) is 0 Å². The van der Waals surface area contributed by atoms with Crippen molar-refractivity contribution >= 4 is 0 Å². The molecular weight excluding hydrogens is 210 g/mol. The standard InChI is InChI=1S/C15H27NO/c1-11-7-12(2)9-14(8-11)15-13(10-16-3)5-4-6-17-15/h7,11,13-16H,4-6,8-10H2,1-3H3. The summed E-state index contributed by atoms with van der Waals surface area (Å²) in [5.74, 6) is 2.19. The molecule has 2 rings (SSSR count). The van der Waals surface area contributed by atoms with E-state index in [1.807, 2.05) is 0 Å². The van der Waals surface area contributed by atoms with Crippen molar-refractivity contribution in [3.05, 3.63) is 11.6 Å². The summed E-state index contributed by atoms with van der Waals surface area (Å²) < 4.78 is 6.11. The molecule has 4 atom stereocenters. The minimum Gasteiger partial charge on any atom is -0.378 e. The quantitative estimate of drug-likeness (QED) is 0.762. The van der Waals surface area contributed by atoms with Gasteiger partial charge in [0.2, 0.25) is 0 Å². The van der Waals surface area contributed by atoms with Gasteiger partial charge in [-0.1, -0.05) is 18.6 Å². The van der Waals surface area contributed by atoms with E-state index in [1.54, 1.807) is 5.57 Å². The average Bonchev–Trinajstić information content (AvgIpc) is 2.29. The minimum atomic E-state index is 0.488. The molecule has 0 aromatic rings. The molecule has 2 heteroatoms. The zero-order chi connectivity index (χ0) is 12.3. The molecule has 2 nitrogen and oxygen atoms in total. The maximum absolute atomic E-state index is 6.11. The smallest absolute Gasteiger partial charge is 0.0646 e. The molecule has 1 saturated heterocycles. The number of hydrogen-bond acceptors (Lipinski definition) is 2. The number of rotatable bonds is 3. The van der Waals surface area contributed by atoms with Crippen LogP contribution in [-0.2, 0) is 4.74 Å². The van der Waals surface area contributed by atoms with Crippen LogP contribution in [0.1, 0.15) is 39.5 Å². The largest absolute Gasteiger partial charge is 0.378 e. The van der Waals surface area contributed by atoms with Crippen LogP contribution < -0.4 is 5.32 Å². The number of allylic oxidation sites excluding steroid dienone is 2. The molecule has 0 aromatic carbocycles. The lowest BCUT2D eigenvalue weighted by atomic mass is 9.75. The number of nitrogens with one attached hydrogen (secondary N) is 1. The summed E-state index contributed by atoms with van der Waals surface area (Å²) in [5.41, 5.74) is 1.56. The van der Waals surface area contributed by atoms with E-state index in [2.05, 4.69) is 32.3 Å². The lowest BCUT2D eigenvalue weighted by Crippen LogP contribution is -2.41. The summed E-state index contributed by atoms with van der Waals surface area (Å²) in [6, 6.07) is 0. The van der Waals surface area contributed by atoms with E-state index in [9.17, 15) is 0 Å². The number of hydrogen-bond donors (Lipinski definition) is 1. The van der Waals surface area contributed by atoms with Gasteiger partial charge in [0.15, 0.2) is 0 Å². The Morgan fingerprint density at radius 2 is 2.29 bits per heavy atom. The highest BCUT2D eigenvalue weighted by Gasteiger charge is 2.34. The first-order valence-electron chi connectivity index (χ1n) is 7.14. The van der Waals surface area contributed by atoms with Crippen molar-refractivity contribution in [2.75, 3.05) is 20.2 Å². The van der Waals surface area contributed by atoms with Gasteiger partial charge >= 0.3 is 0 Å². The van der Waals surface area contributed by atoms with Crippen molar-refractivity contribution in [2.45, 2.75) is 45.6 Å². The van der Waals surface area contributed by atoms with Crippen LogP contribution >= 0.6 is 0 Å². The first-order valence-corrected chi connectivity index (χ1v) is 7.14. The molecule has 1 N–H and O–H groups in total. The Balaban J connectivity index is 2.01. The highest BCUT2D eigenvalue weighted by molar-refractivity contribution is 5.08. The fraction of sp³-hybridized carbons (Fsp3) is 0.867. The molecule has 0 radical (unpaired) electrons. The van der Waals surface area contributed by atoms with Crippen LogP contribution in [0, 0.1) is 17.8 Å². The second-order valence-corrected chi connectivity index (χ2v) is 5.99. The summed E-state index contributed by atoms with van der Waals surface area (Å²) in [6.45, 7) is 6.70. The number of ether oxygens (including phenoxy) is 1. The Bertz CT molecular complexity index is 272. The first-order chi connectivity index (χ1) is 8.20. The van der Waals surface area contributed by atoms with E-state index in [0.717, 1.165) is 30.9 Å². The van der Waals surface area contributed by atoms with Gasteiger partial charge in [-0.3, -0.25) is 0 Å². The topological polar surface area (TPSA) is 21.3 Å². The van der Waals surface area contributed by atoms with E-state index >= 15 is 0 Å². The Morgan fingerprint density at radius 1 is 1.47 bits per heavy atom. The van der Waals surface area contributed by atoms with Crippen molar-refractivity contribution in [3.63, 3.8) is 0 Å². The van der Waals surface area contributed by atoms with Crippen LogP contribution in [0.5, 0.6) is 0 Å². The monoisotopic (exact) mass is 237 g/mol. The zero-order valence-electron chi connectivity index (χ0n) is 11.5. The molecule has 1 aliphatic carbocycles. The zero-order valence-corrected chi connectivity index (χ0v) is 11.5. The van der Waals surface area contributed by atoms with Gasteiger partial charge in [-0.15, -0.1) is 0 Å². The highest BCUT2D eigenvalue weighted by atomic mass is 16.5. The van der Waals surface area contributed by atoms with E-state index in [4.69, 9.17) is 4.74 Å². The summed E-state index contributed by atoms with van der Waals surface area (Å²) in [6.07, 6.45) is 8.05. The van der Waals surface area contributed by atoms with Gasteiger partial charge in [0.05, 0.1) is 6.10 Å². The highest BCUT2D eigenvalue weighted by Crippen LogP contribution is 2.36. The van der Waals surface area contributed by atoms with Gasteiger partial charge in [0.1, 0.15) is 0 Å². The van der Waals surface area contributed by atoms with Crippen molar-refractivity contribution in [1.29, 1.82) is 0 Å². The van der Waals surface area contributed by atoms with Crippen LogP contribution in [0.15, 0.2) is 11.6 Å². The van der Waals surface area contributed by atoms with E-state index < -0.39 is 0 Å². The normalized spacial score (nSPS) is 38.9. The van der Waals surface area contributed by atoms with Gasteiger partial charge in [0.25, 0.3) is 0 Å². The summed E-state index contributed by atoms with van der Waals surface area (Å²) in [4.78, 5) is 0. The molecule has 17 heavy (non-hydrogen) atoms. The predicted octanol–water partition coefficient (Wildman–Crippen LogP) is 2.99. The van der Waals surface area contributed by atoms with Gasteiger partial charge in [0, 0.05) is 13.2 Å². The van der Waals surface area contributed by atoms with Crippen molar-refractivity contribution in [2.24, 2.45) is 17.8 Å². The van der Waals surface area contributed by atoms with E-state index in [-0.39, 0.29) is 0 Å². The SMILES string of the molecule is CNCC1CCCOC1C1CC(C)=CC(C)C1. The lowest BCUT2D eigenvalue weighted by Gasteiger charge is -2.39. The Hall–Kier alpha value is -0.340. The van der Waals surface area contributed by atoms with E-state index in [1.165, 1.54) is 25.7 Å². The summed E-state index contributed by atoms with van der Waals surface area (Å²) in [5, 5.41) is 3.33. The van der Waals surface area contributed by atoms with Crippen LogP contribution in [0.25, 0.3) is 0 Å². The molecule has 1 heterocycles. The van der Waals surface area contributed by atoms with Gasteiger partial charge in [-0.05, 0) is 57.4 Å². The van der Waals surface area contributed by atoms with Gasteiger partial charge < -0.3 is 10.1 Å².